The molecule has 0 aromatic carbocycles. The first-order valence-corrected chi connectivity index (χ1v) is 7.90. The van der Waals surface area contributed by atoms with Crippen LogP contribution in [-0.2, 0) is 4.79 Å². The van der Waals surface area contributed by atoms with E-state index < -0.39 is 24.2 Å². The Balaban J connectivity index is 1.96. The number of fused-ring (bicyclic) bond motifs is 1. The third kappa shape index (κ3) is 3.39. The van der Waals surface area contributed by atoms with Crippen molar-refractivity contribution in [2.75, 3.05) is 25.0 Å². The molecule has 1 fully saturated rings. The molecule has 7 nitrogen and oxygen atoms in total. The number of piperidine rings is 1. The average molecular weight is 356 g/mol. The summed E-state index contributed by atoms with van der Waals surface area (Å²) in [5, 5.41) is 0.503. The van der Waals surface area contributed by atoms with Gasteiger partial charge in [-0.1, -0.05) is 0 Å². The fraction of sp³-hybridized carbons (Fsp3) is 0.533. The van der Waals surface area contributed by atoms with Crippen LogP contribution < -0.4 is 10.6 Å². The van der Waals surface area contributed by atoms with Crippen molar-refractivity contribution in [1.82, 2.24) is 19.9 Å². The fourth-order valence-corrected chi connectivity index (χ4v) is 3.39. The summed E-state index contributed by atoms with van der Waals surface area (Å²) in [7, 11) is 1.35. The number of H-pyrrole nitrogens is 1. The van der Waals surface area contributed by atoms with Gasteiger partial charge in [-0.25, -0.2) is 9.97 Å². The number of carbonyl (C=O) groups excluding carboxylic acids is 1. The van der Waals surface area contributed by atoms with Gasteiger partial charge < -0.3 is 15.6 Å². The number of primary amides is 1. The second kappa shape index (κ2) is 6.51. The Hall–Kier alpha value is -2.36. The second-order valence-corrected chi connectivity index (χ2v) is 6.20. The van der Waals surface area contributed by atoms with Crippen LogP contribution in [0.2, 0.25) is 0 Å². The van der Waals surface area contributed by atoms with E-state index in [9.17, 15) is 18.0 Å². The van der Waals surface area contributed by atoms with E-state index in [1.807, 2.05) is 0 Å². The van der Waals surface area contributed by atoms with E-state index in [1.54, 1.807) is 12.3 Å². The number of hydrogen-bond donors (Lipinski definition) is 2. The zero-order valence-electron chi connectivity index (χ0n) is 13.6. The zero-order chi connectivity index (χ0) is 18.2. The number of nitrogens with one attached hydrogen (secondary N) is 1. The van der Waals surface area contributed by atoms with Crippen molar-refractivity contribution in [2.45, 2.75) is 25.2 Å². The lowest BCUT2D eigenvalue weighted by Crippen LogP contribution is -2.59. The second-order valence-electron chi connectivity index (χ2n) is 6.20. The van der Waals surface area contributed by atoms with Gasteiger partial charge in [0, 0.05) is 26.3 Å². The van der Waals surface area contributed by atoms with Crippen LogP contribution in [0.1, 0.15) is 12.8 Å². The largest absolute Gasteiger partial charge is 0.422 e. The Morgan fingerprint density at radius 3 is 2.92 bits per heavy atom. The normalized spacial score (nSPS) is 20.6. The van der Waals surface area contributed by atoms with Crippen LogP contribution in [0.3, 0.4) is 0 Å². The first-order chi connectivity index (χ1) is 11.8. The molecule has 3 rings (SSSR count). The van der Waals surface area contributed by atoms with E-state index in [1.165, 1.54) is 18.3 Å². The highest BCUT2D eigenvalue weighted by Gasteiger charge is 2.48. The summed E-state index contributed by atoms with van der Waals surface area (Å²) in [4.78, 5) is 24.7. The molecule has 2 unspecified atom stereocenters. The molecule has 0 saturated carbocycles. The quantitative estimate of drug-likeness (QED) is 0.866. The molecule has 2 atom stereocenters. The van der Waals surface area contributed by atoms with Crippen LogP contribution in [0, 0.1) is 5.92 Å². The lowest BCUT2D eigenvalue weighted by molar-refractivity contribution is -0.187. The van der Waals surface area contributed by atoms with Gasteiger partial charge >= 0.3 is 6.18 Å². The molecule has 3 N–H and O–H groups in total. The smallest absolute Gasteiger partial charge is 0.369 e. The van der Waals surface area contributed by atoms with Crippen molar-refractivity contribution in [3.05, 3.63) is 18.6 Å². The number of anilines is 1. The lowest BCUT2D eigenvalue weighted by atomic mass is 9.97. The molecule has 0 bridgehead atoms. The molecule has 3 heterocycles. The number of carbonyl (C=O) groups is 1. The molecule has 136 valence electrons. The highest BCUT2D eigenvalue weighted by atomic mass is 19.4. The number of hydrogen-bond acceptors (Lipinski definition) is 5. The minimum absolute atomic E-state index is 0.0226. The van der Waals surface area contributed by atoms with E-state index in [0.717, 1.165) is 4.90 Å². The number of rotatable bonds is 4. The Bertz CT molecular complexity index is 761. The van der Waals surface area contributed by atoms with E-state index in [0.29, 0.717) is 23.9 Å². The van der Waals surface area contributed by atoms with Crippen molar-refractivity contribution in [1.29, 1.82) is 0 Å². The van der Waals surface area contributed by atoms with Gasteiger partial charge in [0.15, 0.2) is 6.17 Å². The number of aromatic amines is 1. The molecule has 0 radical (unpaired) electrons. The molecule has 1 aliphatic rings. The lowest BCUT2D eigenvalue weighted by Gasteiger charge is -2.42. The molecule has 1 aliphatic heterocycles. The molecule has 1 amide bonds. The van der Waals surface area contributed by atoms with Gasteiger partial charge in [0.1, 0.15) is 17.8 Å². The van der Waals surface area contributed by atoms with E-state index in [2.05, 4.69) is 15.0 Å². The molecule has 25 heavy (non-hydrogen) atoms. The summed E-state index contributed by atoms with van der Waals surface area (Å²) >= 11 is 0. The molecule has 1 saturated heterocycles. The maximum Gasteiger partial charge on any atom is 0.422 e. The third-order valence-electron chi connectivity index (χ3n) is 4.53. The number of alkyl halides is 3. The van der Waals surface area contributed by atoms with E-state index >= 15 is 0 Å². The number of nitrogens with two attached hydrogens (primary N) is 1. The van der Waals surface area contributed by atoms with Crippen molar-refractivity contribution >= 4 is 22.8 Å². The minimum Gasteiger partial charge on any atom is -0.369 e. The van der Waals surface area contributed by atoms with E-state index in [4.69, 9.17) is 5.73 Å². The van der Waals surface area contributed by atoms with Crippen molar-refractivity contribution in [2.24, 2.45) is 11.7 Å². The summed E-state index contributed by atoms with van der Waals surface area (Å²) in [5.74, 6) is -0.970. The number of likely N-dealkylation sites (tertiary alicyclic amines) is 1. The van der Waals surface area contributed by atoms with Crippen LogP contribution >= 0.6 is 0 Å². The van der Waals surface area contributed by atoms with Gasteiger partial charge in [0.25, 0.3) is 0 Å². The summed E-state index contributed by atoms with van der Waals surface area (Å²) in [6, 6.07) is 1.64. The SMILES string of the molecule is CN(c1ncnc2[nH]ccc12)C(N1CCCC(C(N)=O)C1)C(F)(F)F. The van der Waals surface area contributed by atoms with E-state index in [-0.39, 0.29) is 18.9 Å². The maximum atomic E-state index is 13.8. The van der Waals surface area contributed by atoms with Gasteiger partial charge in [0.2, 0.25) is 5.91 Å². The third-order valence-corrected chi connectivity index (χ3v) is 4.53. The highest BCUT2D eigenvalue weighted by molar-refractivity contribution is 5.87. The molecule has 0 aliphatic carbocycles. The Morgan fingerprint density at radius 2 is 2.24 bits per heavy atom. The number of halogens is 3. The summed E-state index contributed by atoms with van der Waals surface area (Å²) < 4.78 is 41.5. The minimum atomic E-state index is -4.53. The first-order valence-electron chi connectivity index (χ1n) is 7.90. The summed E-state index contributed by atoms with van der Waals surface area (Å²) in [6.45, 7) is 0.213. The molecule has 10 heteroatoms. The Kier molecular flexibility index (Phi) is 4.55. The summed E-state index contributed by atoms with van der Waals surface area (Å²) in [5.41, 5.74) is 5.77. The van der Waals surface area contributed by atoms with Crippen LogP contribution in [0.15, 0.2) is 18.6 Å². The fourth-order valence-electron chi connectivity index (χ4n) is 3.39. The van der Waals surface area contributed by atoms with Crippen LogP contribution in [0.5, 0.6) is 0 Å². The summed E-state index contributed by atoms with van der Waals surface area (Å²) in [6.07, 6.45) is -2.61. The molecular formula is C15H19F3N6O. The van der Waals surface area contributed by atoms with Crippen LogP contribution in [-0.4, -0.2) is 58.2 Å². The average Bonchev–Trinajstić information content (AvgIpc) is 3.02. The van der Waals surface area contributed by atoms with Crippen molar-refractivity contribution in [3.63, 3.8) is 0 Å². The number of amides is 1. The first kappa shape index (κ1) is 17.5. The van der Waals surface area contributed by atoms with Crippen molar-refractivity contribution < 1.29 is 18.0 Å². The number of aromatic nitrogens is 3. The Labute approximate surface area is 142 Å². The molecule has 0 spiro atoms. The monoisotopic (exact) mass is 356 g/mol. The van der Waals surface area contributed by atoms with Gasteiger partial charge in [0.05, 0.1) is 11.3 Å². The highest BCUT2D eigenvalue weighted by Crippen LogP contribution is 2.34. The Morgan fingerprint density at radius 1 is 1.48 bits per heavy atom. The standard InChI is InChI=1S/C15H19F3N6O/c1-23(13-10-4-5-20-12(10)21-8-22-13)14(15(16,17)18)24-6-2-3-9(7-24)11(19)25/h4-5,8-9,14H,2-3,6-7H2,1H3,(H2,19,25)(H,20,21,22). The molecule has 2 aromatic rings. The maximum absolute atomic E-state index is 13.8. The van der Waals surface area contributed by atoms with Crippen LogP contribution in [0.4, 0.5) is 19.0 Å². The van der Waals surface area contributed by atoms with Crippen molar-refractivity contribution in [3.8, 4) is 0 Å². The zero-order valence-corrected chi connectivity index (χ0v) is 13.6. The van der Waals surface area contributed by atoms with Crippen LogP contribution in [0.25, 0.3) is 11.0 Å². The topological polar surface area (TPSA) is 91.1 Å². The molecular weight excluding hydrogens is 337 g/mol. The predicted octanol–water partition coefficient (Wildman–Crippen LogP) is 1.48. The van der Waals surface area contributed by atoms with Gasteiger partial charge in [-0.05, 0) is 18.9 Å². The molecule has 2 aromatic heterocycles. The number of nitrogens with zero attached hydrogens (tertiary/aromatic N) is 4. The van der Waals surface area contributed by atoms with Gasteiger partial charge in [-0.15, -0.1) is 0 Å². The van der Waals surface area contributed by atoms with Gasteiger partial charge in [-0.3, -0.25) is 9.69 Å². The van der Waals surface area contributed by atoms with Gasteiger partial charge in [-0.2, -0.15) is 13.2 Å². The predicted molar refractivity (Wildman–Crippen MR) is 85.6 cm³/mol.